The Labute approximate surface area is 83.3 Å². The Hall–Kier alpha value is -0.650. The number of carboxylic acids is 1. The van der Waals surface area contributed by atoms with Crippen LogP contribution in [0.3, 0.4) is 0 Å². The predicted molar refractivity (Wildman–Crippen MR) is 50.1 cm³/mol. The zero-order valence-electron chi connectivity index (χ0n) is 8.51. The Morgan fingerprint density at radius 1 is 1.71 bits per heavy atom. The summed E-state index contributed by atoms with van der Waals surface area (Å²) in [6.45, 7) is 2.80. The number of rotatable bonds is 4. The Balaban J connectivity index is 2.61. The van der Waals surface area contributed by atoms with E-state index in [4.69, 9.17) is 9.84 Å². The summed E-state index contributed by atoms with van der Waals surface area (Å²) < 4.78 is 4.96. The number of aliphatic hydroxyl groups excluding tert-OH is 1. The molecule has 0 aromatic rings. The maximum atomic E-state index is 10.9. The molecule has 0 spiro atoms. The summed E-state index contributed by atoms with van der Waals surface area (Å²) >= 11 is 0. The summed E-state index contributed by atoms with van der Waals surface area (Å²) in [6.07, 6.45) is -0.223. The lowest BCUT2D eigenvalue weighted by molar-refractivity contribution is -0.143. The van der Waals surface area contributed by atoms with Gasteiger partial charge in [0.25, 0.3) is 0 Å². The van der Waals surface area contributed by atoms with Crippen molar-refractivity contribution in [3.63, 3.8) is 0 Å². The highest BCUT2D eigenvalue weighted by Gasteiger charge is 2.38. The summed E-state index contributed by atoms with van der Waals surface area (Å²) in [4.78, 5) is 12.6. The van der Waals surface area contributed by atoms with E-state index in [0.29, 0.717) is 19.6 Å². The van der Waals surface area contributed by atoms with Crippen LogP contribution in [0.2, 0.25) is 0 Å². The van der Waals surface area contributed by atoms with Gasteiger partial charge < -0.3 is 14.9 Å². The van der Waals surface area contributed by atoms with Crippen molar-refractivity contribution in [1.29, 1.82) is 0 Å². The molecule has 0 radical (unpaired) electrons. The molecule has 1 rings (SSSR count). The largest absolute Gasteiger partial charge is 0.480 e. The van der Waals surface area contributed by atoms with Crippen LogP contribution in [-0.4, -0.2) is 59.5 Å². The van der Waals surface area contributed by atoms with Crippen LogP contribution in [0.25, 0.3) is 0 Å². The first-order valence-electron chi connectivity index (χ1n) is 4.71. The zero-order valence-corrected chi connectivity index (χ0v) is 8.51. The second kappa shape index (κ2) is 4.72. The van der Waals surface area contributed by atoms with Gasteiger partial charge in [-0.15, -0.1) is 0 Å². The van der Waals surface area contributed by atoms with Crippen molar-refractivity contribution in [2.24, 2.45) is 0 Å². The number of carbonyl (C=O) groups is 1. The number of ether oxygens (including phenoxy) is 1. The number of hydrogen-bond donors (Lipinski definition) is 2. The van der Waals surface area contributed by atoms with Gasteiger partial charge in [-0.1, -0.05) is 0 Å². The van der Waals surface area contributed by atoms with Crippen LogP contribution in [0.15, 0.2) is 0 Å². The van der Waals surface area contributed by atoms with E-state index < -0.39 is 18.1 Å². The van der Waals surface area contributed by atoms with Crippen LogP contribution in [0, 0.1) is 0 Å². The molecule has 1 heterocycles. The standard InChI is InChI=1S/C9H17NO4/c1-6(5-14-2)10-4-7(11)3-8(10)9(12)13/h6-8,11H,3-5H2,1-2H3,(H,12,13). The minimum Gasteiger partial charge on any atom is -0.480 e. The normalized spacial score (nSPS) is 30.5. The summed E-state index contributed by atoms with van der Waals surface area (Å²) in [7, 11) is 1.58. The van der Waals surface area contributed by atoms with Crippen molar-refractivity contribution in [2.75, 3.05) is 20.3 Å². The lowest BCUT2D eigenvalue weighted by Crippen LogP contribution is -2.43. The molecule has 2 N–H and O–H groups in total. The highest BCUT2D eigenvalue weighted by molar-refractivity contribution is 5.74. The van der Waals surface area contributed by atoms with E-state index in [2.05, 4.69) is 0 Å². The predicted octanol–water partition coefficient (Wildman–Crippen LogP) is -0.459. The van der Waals surface area contributed by atoms with Gasteiger partial charge in [0.1, 0.15) is 6.04 Å². The van der Waals surface area contributed by atoms with Crippen molar-refractivity contribution < 1.29 is 19.7 Å². The minimum absolute atomic E-state index is 0.0262. The van der Waals surface area contributed by atoms with Gasteiger partial charge in [-0.3, -0.25) is 9.69 Å². The fourth-order valence-corrected chi connectivity index (χ4v) is 1.90. The second-order valence-electron chi connectivity index (χ2n) is 3.74. The Morgan fingerprint density at radius 3 is 2.86 bits per heavy atom. The van der Waals surface area contributed by atoms with E-state index in [1.165, 1.54) is 0 Å². The quantitative estimate of drug-likeness (QED) is 0.647. The minimum atomic E-state index is -0.871. The van der Waals surface area contributed by atoms with Crippen molar-refractivity contribution in [3.8, 4) is 0 Å². The van der Waals surface area contributed by atoms with Gasteiger partial charge in [-0.25, -0.2) is 0 Å². The molecule has 1 aliphatic heterocycles. The molecule has 0 saturated carbocycles. The smallest absolute Gasteiger partial charge is 0.321 e. The molecule has 0 aromatic carbocycles. The Kier molecular flexibility index (Phi) is 3.86. The molecule has 0 aromatic heterocycles. The fourth-order valence-electron chi connectivity index (χ4n) is 1.90. The van der Waals surface area contributed by atoms with E-state index in [1.54, 1.807) is 12.0 Å². The van der Waals surface area contributed by atoms with Crippen molar-refractivity contribution >= 4 is 5.97 Å². The Bertz CT molecular complexity index is 209. The van der Waals surface area contributed by atoms with Gasteiger partial charge in [0.15, 0.2) is 0 Å². The van der Waals surface area contributed by atoms with Gasteiger partial charge in [-0.05, 0) is 6.92 Å². The van der Waals surface area contributed by atoms with Gasteiger partial charge in [0.05, 0.1) is 12.7 Å². The highest BCUT2D eigenvalue weighted by Crippen LogP contribution is 2.20. The highest BCUT2D eigenvalue weighted by atomic mass is 16.5. The molecule has 3 unspecified atom stereocenters. The average molecular weight is 203 g/mol. The van der Waals surface area contributed by atoms with Crippen LogP contribution in [-0.2, 0) is 9.53 Å². The third-order valence-corrected chi connectivity index (χ3v) is 2.58. The number of methoxy groups -OCH3 is 1. The molecule has 5 nitrogen and oxygen atoms in total. The number of hydrogen-bond acceptors (Lipinski definition) is 4. The summed E-state index contributed by atoms with van der Waals surface area (Å²) in [5.74, 6) is -0.871. The Morgan fingerprint density at radius 2 is 2.36 bits per heavy atom. The topological polar surface area (TPSA) is 70.0 Å². The summed E-state index contributed by atoms with van der Waals surface area (Å²) in [5.41, 5.74) is 0. The number of aliphatic hydroxyl groups is 1. The van der Waals surface area contributed by atoms with Crippen molar-refractivity contribution in [2.45, 2.75) is 31.5 Å². The van der Waals surface area contributed by atoms with Crippen molar-refractivity contribution in [1.82, 2.24) is 4.90 Å². The maximum Gasteiger partial charge on any atom is 0.321 e. The molecule has 1 fully saturated rings. The van der Waals surface area contributed by atoms with E-state index >= 15 is 0 Å². The van der Waals surface area contributed by atoms with E-state index in [9.17, 15) is 9.90 Å². The van der Waals surface area contributed by atoms with Crippen LogP contribution >= 0.6 is 0 Å². The maximum absolute atomic E-state index is 10.9. The van der Waals surface area contributed by atoms with E-state index in [0.717, 1.165) is 0 Å². The molecule has 1 saturated heterocycles. The molecule has 1 aliphatic rings. The first-order chi connectivity index (χ1) is 6.56. The lowest BCUT2D eigenvalue weighted by atomic mass is 10.2. The second-order valence-corrected chi connectivity index (χ2v) is 3.74. The molecule has 3 atom stereocenters. The van der Waals surface area contributed by atoms with Gasteiger partial charge >= 0.3 is 5.97 Å². The molecule has 14 heavy (non-hydrogen) atoms. The number of likely N-dealkylation sites (tertiary alicyclic amines) is 1. The number of β-amino-alcohol motifs (C(OH)–C–C–N with tert-alkyl or cyclic N) is 1. The fraction of sp³-hybridized carbons (Fsp3) is 0.889. The SMILES string of the molecule is COCC(C)N1CC(O)CC1C(=O)O. The van der Waals surface area contributed by atoms with Crippen LogP contribution in [0.4, 0.5) is 0 Å². The number of carboxylic acid groups (broad SMARTS) is 1. The average Bonchev–Trinajstić information content (AvgIpc) is 2.48. The van der Waals surface area contributed by atoms with E-state index in [-0.39, 0.29) is 6.04 Å². The van der Waals surface area contributed by atoms with Crippen LogP contribution in [0.1, 0.15) is 13.3 Å². The molecule has 0 aliphatic carbocycles. The first kappa shape index (κ1) is 11.4. The van der Waals surface area contributed by atoms with Crippen LogP contribution in [0.5, 0.6) is 0 Å². The summed E-state index contributed by atoms with van der Waals surface area (Å²) in [6, 6.07) is -0.548. The third-order valence-electron chi connectivity index (χ3n) is 2.58. The number of aliphatic carboxylic acids is 1. The van der Waals surface area contributed by atoms with Crippen LogP contribution < -0.4 is 0 Å². The monoisotopic (exact) mass is 203 g/mol. The zero-order chi connectivity index (χ0) is 10.7. The van der Waals surface area contributed by atoms with Gasteiger partial charge in [0.2, 0.25) is 0 Å². The summed E-state index contributed by atoms with van der Waals surface area (Å²) in [5, 5.41) is 18.3. The van der Waals surface area contributed by atoms with Gasteiger partial charge in [-0.2, -0.15) is 0 Å². The molecule has 5 heteroatoms. The lowest BCUT2D eigenvalue weighted by Gasteiger charge is -2.27. The van der Waals surface area contributed by atoms with Gasteiger partial charge in [0, 0.05) is 26.1 Å². The third kappa shape index (κ3) is 2.43. The number of nitrogens with zero attached hydrogens (tertiary/aromatic N) is 1. The first-order valence-corrected chi connectivity index (χ1v) is 4.71. The molecule has 82 valence electrons. The van der Waals surface area contributed by atoms with E-state index in [1.807, 2.05) is 6.92 Å². The molecule has 0 amide bonds. The molecular weight excluding hydrogens is 186 g/mol. The van der Waals surface area contributed by atoms with Crippen molar-refractivity contribution in [3.05, 3.63) is 0 Å². The molecular formula is C9H17NO4. The molecule has 0 bridgehead atoms.